The first-order valence-corrected chi connectivity index (χ1v) is 5.53. The molecule has 0 aliphatic carbocycles. The third-order valence-electron chi connectivity index (χ3n) is 1.74. The average molecular weight is 202 g/mol. The quantitative estimate of drug-likeness (QED) is 0.644. The van der Waals surface area contributed by atoms with Crippen LogP contribution in [0, 0.1) is 0 Å². The van der Waals surface area contributed by atoms with Crippen LogP contribution in [-0.4, -0.2) is 24.5 Å². The highest BCUT2D eigenvalue weighted by atomic mass is 32.2. The van der Waals surface area contributed by atoms with Gasteiger partial charge in [0.05, 0.1) is 5.71 Å². The van der Waals surface area contributed by atoms with E-state index in [4.69, 9.17) is 0 Å². The van der Waals surface area contributed by atoms with Crippen LogP contribution in [0.15, 0.2) is 16.2 Å². The molecule has 1 heterocycles. The van der Waals surface area contributed by atoms with Gasteiger partial charge in [-0.25, -0.2) is 0 Å². The fraction of sp³-hybridized carbons (Fsp3) is 0.625. The third-order valence-corrected chi connectivity index (χ3v) is 3.47. The van der Waals surface area contributed by atoms with Gasteiger partial charge in [-0.15, -0.1) is 4.40 Å². The van der Waals surface area contributed by atoms with Crippen molar-refractivity contribution in [2.24, 2.45) is 4.40 Å². The van der Waals surface area contributed by atoms with E-state index in [2.05, 4.69) is 4.40 Å². The molecule has 0 atom stereocenters. The van der Waals surface area contributed by atoms with Gasteiger partial charge in [0.15, 0.2) is 0 Å². The molecule has 1 aliphatic rings. The molecule has 0 fully saturated rings. The summed E-state index contributed by atoms with van der Waals surface area (Å²) in [6.07, 6.45) is 1.76. The second-order valence-electron chi connectivity index (χ2n) is 3.39. The lowest BCUT2D eigenvalue weighted by molar-refractivity contribution is 0.417. The van der Waals surface area contributed by atoms with Crippen molar-refractivity contribution in [3.63, 3.8) is 0 Å². The van der Waals surface area contributed by atoms with Gasteiger partial charge < -0.3 is 0 Å². The molecule has 0 spiro atoms. The van der Waals surface area contributed by atoms with Gasteiger partial charge in [0, 0.05) is 11.7 Å². The van der Waals surface area contributed by atoms with Crippen molar-refractivity contribution in [2.75, 3.05) is 0 Å². The molecule has 0 amide bonds. The lowest BCUT2D eigenvalue weighted by Gasteiger charge is -2.28. The maximum atomic E-state index is 11.5. The van der Waals surface area contributed by atoms with Crippen LogP contribution >= 0.6 is 0 Å². The molecule has 0 saturated carbocycles. The fourth-order valence-electron chi connectivity index (χ4n) is 1.47. The molecule has 0 bridgehead atoms. The van der Waals surface area contributed by atoms with Crippen molar-refractivity contribution in [3.05, 3.63) is 11.8 Å². The van der Waals surface area contributed by atoms with E-state index >= 15 is 0 Å². The normalized spacial score (nSPS) is 21.5. The molecule has 5 heteroatoms. The van der Waals surface area contributed by atoms with Gasteiger partial charge in [-0.1, -0.05) is 0 Å². The fourth-order valence-corrected chi connectivity index (χ4v) is 2.93. The summed E-state index contributed by atoms with van der Waals surface area (Å²) >= 11 is 0. The maximum Gasteiger partial charge on any atom is 0.344 e. The molecule has 0 saturated heterocycles. The van der Waals surface area contributed by atoms with Crippen LogP contribution in [0.2, 0.25) is 0 Å². The topological polar surface area (TPSA) is 49.7 Å². The zero-order valence-corrected chi connectivity index (χ0v) is 9.09. The van der Waals surface area contributed by atoms with Crippen molar-refractivity contribution in [2.45, 2.75) is 33.7 Å². The van der Waals surface area contributed by atoms with Crippen molar-refractivity contribution in [3.8, 4) is 0 Å². The number of rotatable bonds is 1. The van der Waals surface area contributed by atoms with Gasteiger partial charge in [0.2, 0.25) is 0 Å². The number of allylic oxidation sites excluding steroid dienone is 2. The Morgan fingerprint density at radius 3 is 2.31 bits per heavy atom. The first kappa shape index (κ1) is 10.2. The van der Waals surface area contributed by atoms with Gasteiger partial charge in [-0.05, 0) is 33.8 Å². The maximum absolute atomic E-state index is 11.5. The van der Waals surface area contributed by atoms with Crippen LogP contribution in [0.5, 0.6) is 0 Å². The van der Waals surface area contributed by atoms with Crippen LogP contribution in [0.4, 0.5) is 0 Å². The second-order valence-corrected chi connectivity index (χ2v) is 4.86. The van der Waals surface area contributed by atoms with E-state index in [0.717, 1.165) is 5.70 Å². The van der Waals surface area contributed by atoms with Gasteiger partial charge in [0.1, 0.15) is 0 Å². The Morgan fingerprint density at radius 1 is 1.38 bits per heavy atom. The van der Waals surface area contributed by atoms with Crippen molar-refractivity contribution < 1.29 is 8.42 Å². The van der Waals surface area contributed by atoms with Crippen LogP contribution in [-0.2, 0) is 10.2 Å². The minimum atomic E-state index is -3.47. The zero-order chi connectivity index (χ0) is 10.2. The summed E-state index contributed by atoms with van der Waals surface area (Å²) in [5.74, 6) is 0. The van der Waals surface area contributed by atoms with E-state index < -0.39 is 10.2 Å². The number of hydrogen-bond donors (Lipinski definition) is 0. The minimum absolute atomic E-state index is 0.0851. The summed E-state index contributed by atoms with van der Waals surface area (Å²) in [6, 6.07) is -0.0851. The van der Waals surface area contributed by atoms with Crippen molar-refractivity contribution in [1.82, 2.24) is 4.31 Å². The summed E-state index contributed by atoms with van der Waals surface area (Å²) in [5.41, 5.74) is 1.26. The lowest BCUT2D eigenvalue weighted by Crippen LogP contribution is -2.36. The second kappa shape index (κ2) is 3.14. The molecule has 0 aromatic carbocycles. The molecule has 0 aromatic heterocycles. The Labute approximate surface area is 79.1 Å². The van der Waals surface area contributed by atoms with E-state index in [1.165, 1.54) is 4.31 Å². The Bertz CT molecular complexity index is 366. The Kier molecular flexibility index (Phi) is 2.47. The first-order valence-electron chi connectivity index (χ1n) is 4.14. The molecule has 0 unspecified atom stereocenters. The SMILES string of the molecule is CC1=CC(C)=NS(=O)(=O)N1C(C)C. The highest BCUT2D eigenvalue weighted by Crippen LogP contribution is 2.20. The monoisotopic (exact) mass is 202 g/mol. The molecule has 13 heavy (non-hydrogen) atoms. The van der Waals surface area contributed by atoms with Crippen molar-refractivity contribution in [1.29, 1.82) is 0 Å². The summed E-state index contributed by atoms with van der Waals surface area (Å²) in [6.45, 7) is 7.10. The largest absolute Gasteiger partial charge is 0.344 e. The van der Waals surface area contributed by atoms with Gasteiger partial charge >= 0.3 is 10.2 Å². The van der Waals surface area contributed by atoms with Crippen LogP contribution in [0.1, 0.15) is 27.7 Å². The molecule has 4 nitrogen and oxygen atoms in total. The molecular formula is C8H14N2O2S. The summed E-state index contributed by atoms with van der Waals surface area (Å²) in [4.78, 5) is 0. The highest BCUT2D eigenvalue weighted by Gasteiger charge is 2.27. The van der Waals surface area contributed by atoms with Gasteiger partial charge in [-0.2, -0.15) is 8.42 Å². The molecule has 0 radical (unpaired) electrons. The van der Waals surface area contributed by atoms with Crippen LogP contribution in [0.25, 0.3) is 0 Å². The summed E-state index contributed by atoms with van der Waals surface area (Å²) < 4.78 is 28.0. The number of hydrogen-bond acceptors (Lipinski definition) is 2. The van der Waals surface area contributed by atoms with Gasteiger partial charge in [-0.3, -0.25) is 4.31 Å². The van der Waals surface area contributed by atoms with Crippen molar-refractivity contribution >= 4 is 15.9 Å². The number of nitrogens with zero attached hydrogens (tertiary/aromatic N) is 2. The molecule has 74 valence electrons. The first-order chi connectivity index (χ1) is 5.84. The predicted molar refractivity (Wildman–Crippen MR) is 52.8 cm³/mol. The summed E-state index contributed by atoms with van der Waals surface area (Å²) in [5, 5.41) is 0. The molecule has 0 aromatic rings. The van der Waals surface area contributed by atoms with E-state index in [1.807, 2.05) is 13.8 Å². The summed E-state index contributed by atoms with van der Waals surface area (Å²) in [7, 11) is -3.47. The van der Waals surface area contributed by atoms with Crippen LogP contribution < -0.4 is 0 Å². The minimum Gasteiger partial charge on any atom is -0.254 e. The van der Waals surface area contributed by atoms with E-state index in [-0.39, 0.29) is 6.04 Å². The Morgan fingerprint density at radius 2 is 1.92 bits per heavy atom. The van der Waals surface area contributed by atoms with E-state index in [9.17, 15) is 8.42 Å². The zero-order valence-electron chi connectivity index (χ0n) is 8.27. The van der Waals surface area contributed by atoms with Gasteiger partial charge in [0.25, 0.3) is 0 Å². The van der Waals surface area contributed by atoms with E-state index in [0.29, 0.717) is 5.71 Å². The van der Waals surface area contributed by atoms with E-state index in [1.54, 1.807) is 19.9 Å². The van der Waals surface area contributed by atoms with Crippen LogP contribution in [0.3, 0.4) is 0 Å². The third kappa shape index (κ3) is 1.91. The Hall–Kier alpha value is -0.840. The molecule has 0 N–H and O–H groups in total. The molecular weight excluding hydrogens is 188 g/mol. The smallest absolute Gasteiger partial charge is 0.254 e. The predicted octanol–water partition coefficient (Wildman–Crippen LogP) is 1.32. The molecule has 1 aliphatic heterocycles. The molecule has 1 rings (SSSR count). The Balaban J connectivity index is 3.21. The highest BCUT2D eigenvalue weighted by molar-refractivity contribution is 7.88. The lowest BCUT2D eigenvalue weighted by atomic mass is 10.3. The standard InChI is InChI=1S/C8H14N2O2S/c1-6(2)10-8(4)5-7(3)9-13(10,11)12/h5-6H,1-4H3. The average Bonchev–Trinajstić information content (AvgIpc) is 1.78.